The highest BCUT2D eigenvalue weighted by Gasteiger charge is 2.19. The third kappa shape index (κ3) is 4.66. The largest absolute Gasteiger partial charge is 0.262 e. The Kier molecular flexibility index (Phi) is 5.75. The van der Waals surface area contributed by atoms with Crippen LogP contribution in [0.5, 0.6) is 0 Å². The Bertz CT molecular complexity index is 491. The Labute approximate surface area is 117 Å². The summed E-state index contributed by atoms with van der Waals surface area (Å²) in [4.78, 5) is 4.06. The van der Waals surface area contributed by atoms with Gasteiger partial charge in [-0.05, 0) is 41.3 Å². The summed E-state index contributed by atoms with van der Waals surface area (Å²) in [6, 6.07) is 1.47. The first-order valence-electron chi connectivity index (χ1n) is 5.98. The van der Waals surface area contributed by atoms with Crippen LogP contribution in [0.25, 0.3) is 0 Å². The minimum Gasteiger partial charge on any atom is -0.262 e. The zero-order chi connectivity index (χ0) is 13.8. The zero-order valence-corrected chi connectivity index (χ0v) is 13.3. The van der Waals surface area contributed by atoms with Gasteiger partial charge in [-0.15, -0.1) is 0 Å². The highest BCUT2D eigenvalue weighted by Crippen LogP contribution is 2.16. The second-order valence-electron chi connectivity index (χ2n) is 4.61. The monoisotopic (exact) mass is 334 g/mol. The fourth-order valence-electron chi connectivity index (χ4n) is 1.69. The molecule has 2 atom stereocenters. The minimum atomic E-state index is -3.48. The van der Waals surface area contributed by atoms with E-state index in [2.05, 4.69) is 39.5 Å². The molecule has 1 heterocycles. The van der Waals surface area contributed by atoms with E-state index in [4.69, 9.17) is 0 Å². The molecule has 0 aliphatic carbocycles. The number of halogens is 1. The van der Waals surface area contributed by atoms with Gasteiger partial charge in [-0.1, -0.05) is 20.3 Å². The summed E-state index contributed by atoms with van der Waals surface area (Å²) in [5, 5.41) is 0. The second kappa shape index (κ2) is 6.63. The van der Waals surface area contributed by atoms with Gasteiger partial charge in [-0.2, -0.15) is 0 Å². The van der Waals surface area contributed by atoms with Crippen LogP contribution in [0.15, 0.2) is 27.8 Å². The van der Waals surface area contributed by atoms with E-state index in [-0.39, 0.29) is 10.9 Å². The molecule has 0 spiro atoms. The average molecular weight is 335 g/mol. The summed E-state index contributed by atoms with van der Waals surface area (Å²) in [7, 11) is -3.48. The molecule has 0 aliphatic rings. The van der Waals surface area contributed by atoms with Crippen molar-refractivity contribution in [1.82, 2.24) is 9.71 Å². The predicted molar refractivity (Wildman–Crippen MR) is 75.8 cm³/mol. The molecule has 6 heteroatoms. The highest BCUT2D eigenvalue weighted by molar-refractivity contribution is 9.10. The lowest BCUT2D eigenvalue weighted by atomic mass is 10.0. The first kappa shape index (κ1) is 15.6. The third-order valence-corrected chi connectivity index (χ3v) is 4.79. The van der Waals surface area contributed by atoms with Gasteiger partial charge in [0.1, 0.15) is 4.90 Å². The first-order chi connectivity index (χ1) is 8.35. The van der Waals surface area contributed by atoms with Crippen LogP contribution in [0.4, 0.5) is 0 Å². The van der Waals surface area contributed by atoms with Gasteiger partial charge in [0.2, 0.25) is 10.0 Å². The fourth-order valence-corrected chi connectivity index (χ4v) is 3.45. The number of hydrogen-bond acceptors (Lipinski definition) is 3. The number of nitrogens with one attached hydrogen (secondary N) is 1. The Balaban J connectivity index is 2.76. The Morgan fingerprint density at radius 2 is 2.06 bits per heavy atom. The van der Waals surface area contributed by atoms with Gasteiger partial charge in [-0.3, -0.25) is 4.98 Å². The fraction of sp³-hybridized carbons (Fsp3) is 0.583. The molecular weight excluding hydrogens is 316 g/mol. The van der Waals surface area contributed by atoms with Crippen molar-refractivity contribution in [2.45, 2.75) is 44.6 Å². The van der Waals surface area contributed by atoms with Gasteiger partial charge in [0.15, 0.2) is 0 Å². The van der Waals surface area contributed by atoms with E-state index in [9.17, 15) is 8.42 Å². The van der Waals surface area contributed by atoms with Crippen LogP contribution < -0.4 is 4.72 Å². The summed E-state index contributed by atoms with van der Waals surface area (Å²) < 4.78 is 27.5. The van der Waals surface area contributed by atoms with Crippen LogP contribution in [-0.2, 0) is 10.0 Å². The molecule has 0 fully saturated rings. The van der Waals surface area contributed by atoms with Crippen LogP contribution in [0.2, 0.25) is 0 Å². The molecule has 1 aromatic rings. The normalized spacial score (nSPS) is 15.3. The van der Waals surface area contributed by atoms with E-state index in [1.165, 1.54) is 6.20 Å². The first-order valence-corrected chi connectivity index (χ1v) is 8.25. The molecule has 0 aromatic carbocycles. The molecule has 0 saturated carbocycles. The Morgan fingerprint density at radius 1 is 1.39 bits per heavy atom. The van der Waals surface area contributed by atoms with Gasteiger partial charge >= 0.3 is 0 Å². The van der Waals surface area contributed by atoms with Crippen molar-refractivity contribution in [3.05, 3.63) is 22.9 Å². The van der Waals surface area contributed by atoms with Gasteiger partial charge in [0.05, 0.1) is 0 Å². The van der Waals surface area contributed by atoms with Crippen molar-refractivity contribution < 1.29 is 8.42 Å². The van der Waals surface area contributed by atoms with Crippen LogP contribution in [-0.4, -0.2) is 19.4 Å². The van der Waals surface area contributed by atoms with Crippen molar-refractivity contribution in [3.63, 3.8) is 0 Å². The molecular formula is C12H19BrN2O2S. The minimum absolute atomic E-state index is 0.0797. The van der Waals surface area contributed by atoms with E-state index in [0.29, 0.717) is 10.4 Å². The number of nitrogens with zero attached hydrogens (tertiary/aromatic N) is 1. The van der Waals surface area contributed by atoms with E-state index < -0.39 is 10.0 Å². The van der Waals surface area contributed by atoms with Gasteiger partial charge in [-0.25, -0.2) is 13.1 Å². The molecule has 1 N–H and O–H groups in total. The van der Waals surface area contributed by atoms with Crippen LogP contribution in [0.1, 0.15) is 33.6 Å². The van der Waals surface area contributed by atoms with E-state index in [1.807, 2.05) is 6.92 Å². The maximum absolute atomic E-state index is 12.1. The molecule has 0 bridgehead atoms. The Hall–Kier alpha value is -0.460. The Morgan fingerprint density at radius 3 is 2.61 bits per heavy atom. The molecule has 102 valence electrons. The quantitative estimate of drug-likeness (QED) is 0.869. The second-order valence-corrected chi connectivity index (χ2v) is 7.24. The number of aromatic nitrogens is 1. The summed E-state index contributed by atoms with van der Waals surface area (Å²) in [5.41, 5.74) is 0. The average Bonchev–Trinajstić information content (AvgIpc) is 2.28. The smallest absolute Gasteiger partial charge is 0.242 e. The lowest BCUT2D eigenvalue weighted by Gasteiger charge is -2.17. The van der Waals surface area contributed by atoms with Crippen LogP contribution in [0, 0.1) is 5.92 Å². The number of hydrogen-bond donors (Lipinski definition) is 1. The molecule has 0 amide bonds. The standard InChI is InChI=1S/C12H19BrN2O2S/c1-4-9(2)5-10(3)15-18(16,17)12-6-11(13)7-14-8-12/h6-10,15H,4-5H2,1-3H3. The van der Waals surface area contributed by atoms with E-state index >= 15 is 0 Å². The zero-order valence-electron chi connectivity index (χ0n) is 10.9. The topological polar surface area (TPSA) is 59.1 Å². The summed E-state index contributed by atoms with van der Waals surface area (Å²) >= 11 is 3.22. The number of pyridine rings is 1. The van der Waals surface area contributed by atoms with Crippen LogP contribution >= 0.6 is 15.9 Å². The summed E-state index contributed by atoms with van der Waals surface area (Å²) in [6.45, 7) is 6.10. The van der Waals surface area contributed by atoms with Crippen molar-refractivity contribution in [2.75, 3.05) is 0 Å². The molecule has 1 aromatic heterocycles. The van der Waals surface area contributed by atoms with Crippen molar-refractivity contribution >= 4 is 26.0 Å². The van der Waals surface area contributed by atoms with E-state index in [1.54, 1.807) is 12.3 Å². The SMILES string of the molecule is CCC(C)CC(C)NS(=O)(=O)c1cncc(Br)c1. The van der Waals surface area contributed by atoms with Crippen molar-refractivity contribution in [3.8, 4) is 0 Å². The molecule has 0 radical (unpaired) electrons. The lowest BCUT2D eigenvalue weighted by molar-refractivity contribution is 0.445. The maximum Gasteiger partial charge on any atom is 0.242 e. The summed E-state index contributed by atoms with van der Waals surface area (Å²) in [5.74, 6) is 0.503. The summed E-state index contributed by atoms with van der Waals surface area (Å²) in [6.07, 6.45) is 4.78. The van der Waals surface area contributed by atoms with Crippen molar-refractivity contribution in [1.29, 1.82) is 0 Å². The highest BCUT2D eigenvalue weighted by atomic mass is 79.9. The van der Waals surface area contributed by atoms with Crippen molar-refractivity contribution in [2.24, 2.45) is 5.92 Å². The molecule has 18 heavy (non-hydrogen) atoms. The third-order valence-electron chi connectivity index (χ3n) is 2.80. The molecule has 0 aliphatic heterocycles. The molecule has 0 saturated heterocycles. The van der Waals surface area contributed by atoms with Crippen LogP contribution in [0.3, 0.4) is 0 Å². The number of sulfonamides is 1. The number of rotatable bonds is 6. The van der Waals surface area contributed by atoms with Gasteiger partial charge < -0.3 is 0 Å². The van der Waals surface area contributed by atoms with Gasteiger partial charge in [0, 0.05) is 22.9 Å². The van der Waals surface area contributed by atoms with E-state index in [0.717, 1.165) is 12.8 Å². The molecule has 2 unspecified atom stereocenters. The maximum atomic E-state index is 12.1. The molecule has 1 rings (SSSR count). The van der Waals surface area contributed by atoms with Gasteiger partial charge in [0.25, 0.3) is 0 Å². The molecule has 4 nitrogen and oxygen atoms in total. The lowest BCUT2D eigenvalue weighted by Crippen LogP contribution is -2.33. The predicted octanol–water partition coefficient (Wildman–Crippen LogP) is 2.95.